The van der Waals surface area contributed by atoms with Crippen LogP contribution in [-0.2, 0) is 33.3 Å². The van der Waals surface area contributed by atoms with Gasteiger partial charge in [-0.3, -0.25) is 9.59 Å². The van der Waals surface area contributed by atoms with Crippen molar-refractivity contribution >= 4 is 17.9 Å². The standard InChI is InChI=1S/C89H165NO8/c1-6-8-10-12-14-16-18-20-22-24-26-28-30-32-34-36-38-40-41-42-43-44-45-46-47-48-50-52-54-56-58-60-62-64-66-68-70-72-74-76-78-80-87(92)98-85(84-97-89(88(93)94)95-82-81-90(3,4)5)83-96-86(91)79-77-75-73-71-69-67-65-63-61-59-57-55-53-51-49-39-37-35-33-31-29-27-25-23-21-19-17-15-13-11-9-7-2/h8,10,14,16,20,22,26,28,32,34,85,89H,6-7,9,11-13,15,17-19,21,23-25,27,29-31,33,35-84H2,1-5H3/b10-8-,16-14-,22-20-,28-26-,34-32-. The number of esters is 2. The first-order valence-electron chi connectivity index (χ1n) is 42.9. The molecule has 0 aliphatic rings. The molecule has 9 heteroatoms. The smallest absolute Gasteiger partial charge is 0.306 e. The van der Waals surface area contributed by atoms with Gasteiger partial charge in [-0.1, -0.05) is 421 Å². The van der Waals surface area contributed by atoms with Crippen molar-refractivity contribution in [3.8, 4) is 0 Å². The van der Waals surface area contributed by atoms with Crippen molar-refractivity contribution in [3.05, 3.63) is 60.8 Å². The lowest BCUT2D eigenvalue weighted by Gasteiger charge is -2.26. The van der Waals surface area contributed by atoms with Crippen molar-refractivity contribution < 1.29 is 42.9 Å². The minimum atomic E-state index is -1.62. The number of carbonyl (C=O) groups excluding carboxylic acids is 3. The number of quaternary nitrogens is 1. The van der Waals surface area contributed by atoms with Crippen molar-refractivity contribution in [1.82, 2.24) is 0 Å². The van der Waals surface area contributed by atoms with Gasteiger partial charge in [-0.05, 0) is 57.8 Å². The van der Waals surface area contributed by atoms with Crippen LogP contribution in [0.1, 0.15) is 431 Å². The van der Waals surface area contributed by atoms with Gasteiger partial charge in [0, 0.05) is 12.8 Å². The minimum absolute atomic E-state index is 0.151. The molecule has 0 radical (unpaired) electrons. The zero-order chi connectivity index (χ0) is 71.1. The number of allylic oxidation sites excluding steroid dienone is 10. The van der Waals surface area contributed by atoms with Crippen LogP contribution < -0.4 is 5.11 Å². The summed E-state index contributed by atoms with van der Waals surface area (Å²) in [4.78, 5) is 37.7. The lowest BCUT2D eigenvalue weighted by Crippen LogP contribution is -2.44. The molecule has 0 aromatic heterocycles. The Kier molecular flexibility index (Phi) is 77.2. The van der Waals surface area contributed by atoms with Crippen molar-refractivity contribution in [2.24, 2.45) is 0 Å². The SMILES string of the molecule is CC/C=C\C/C=C\C/C=C\C/C=C\C/C=C\CCCCCCCCCCCCCCCCCCCCCCCCCCCC(=O)OC(COC(=O)CCCCCCCCCCCCCCCCCCCCCCCCCCCCCCCCCC)COC(OCC[N+](C)(C)C)C(=O)[O-]. The normalized spacial score (nSPS) is 12.9. The molecule has 0 aromatic carbocycles. The Bertz CT molecular complexity index is 1800. The highest BCUT2D eigenvalue weighted by Crippen LogP contribution is 2.21. The molecular formula is C89H165NO8. The molecule has 0 aromatic rings. The number of rotatable bonds is 81. The molecule has 0 bridgehead atoms. The number of carboxylic acid groups (broad SMARTS) is 1. The number of carbonyl (C=O) groups is 3. The fourth-order valence-electron chi connectivity index (χ4n) is 13.0. The van der Waals surface area contributed by atoms with Crippen LogP contribution in [0.15, 0.2) is 60.8 Å². The van der Waals surface area contributed by atoms with Crippen LogP contribution in [0.5, 0.6) is 0 Å². The Hall–Kier alpha value is -3.01. The third kappa shape index (κ3) is 80.3. The lowest BCUT2D eigenvalue weighted by molar-refractivity contribution is -0.870. The Balaban J connectivity index is 3.92. The number of hydrogen-bond acceptors (Lipinski definition) is 8. The van der Waals surface area contributed by atoms with Gasteiger partial charge in [0.25, 0.3) is 0 Å². The van der Waals surface area contributed by atoms with E-state index in [0.29, 0.717) is 17.4 Å². The summed E-state index contributed by atoms with van der Waals surface area (Å²) in [5.74, 6) is -2.25. The van der Waals surface area contributed by atoms with E-state index in [2.05, 4.69) is 74.6 Å². The van der Waals surface area contributed by atoms with Gasteiger partial charge in [0.15, 0.2) is 12.4 Å². The van der Waals surface area contributed by atoms with Gasteiger partial charge in [0.2, 0.25) is 0 Å². The number of hydrogen-bond donors (Lipinski definition) is 0. The first-order valence-corrected chi connectivity index (χ1v) is 42.9. The lowest BCUT2D eigenvalue weighted by atomic mass is 10.0. The summed E-state index contributed by atoms with van der Waals surface area (Å²) in [6.45, 7) is 4.72. The largest absolute Gasteiger partial charge is 0.545 e. The van der Waals surface area contributed by atoms with E-state index in [1.165, 1.54) is 334 Å². The molecule has 9 nitrogen and oxygen atoms in total. The predicted octanol–water partition coefficient (Wildman–Crippen LogP) is 26.4. The van der Waals surface area contributed by atoms with Crippen LogP contribution >= 0.6 is 0 Å². The molecule has 0 rings (SSSR count). The molecule has 2 atom stereocenters. The maximum Gasteiger partial charge on any atom is 0.306 e. The Morgan fingerprint density at radius 1 is 0.316 bits per heavy atom. The Morgan fingerprint density at radius 3 is 0.867 bits per heavy atom. The maximum absolute atomic E-state index is 13.0. The summed E-state index contributed by atoms with van der Waals surface area (Å²) >= 11 is 0. The molecule has 0 saturated carbocycles. The summed E-state index contributed by atoms with van der Waals surface area (Å²) in [5.41, 5.74) is 0. The van der Waals surface area contributed by atoms with Gasteiger partial charge in [0.1, 0.15) is 13.2 Å². The Morgan fingerprint density at radius 2 is 0.582 bits per heavy atom. The predicted molar refractivity (Wildman–Crippen MR) is 422 cm³/mol. The van der Waals surface area contributed by atoms with Crippen molar-refractivity contribution in [1.29, 1.82) is 0 Å². The van der Waals surface area contributed by atoms with Crippen LogP contribution in [0.4, 0.5) is 0 Å². The van der Waals surface area contributed by atoms with Gasteiger partial charge in [-0.15, -0.1) is 0 Å². The molecule has 2 unspecified atom stereocenters. The number of nitrogens with zero attached hydrogens (tertiary/aromatic N) is 1. The van der Waals surface area contributed by atoms with Crippen LogP contribution in [0.2, 0.25) is 0 Å². The second kappa shape index (κ2) is 79.7. The highest BCUT2D eigenvalue weighted by molar-refractivity contribution is 5.70. The molecule has 0 saturated heterocycles. The van der Waals surface area contributed by atoms with Crippen molar-refractivity contribution in [2.45, 2.75) is 444 Å². The third-order valence-corrected chi connectivity index (χ3v) is 19.5. The van der Waals surface area contributed by atoms with Crippen LogP contribution in [0.25, 0.3) is 0 Å². The van der Waals surface area contributed by atoms with E-state index < -0.39 is 24.3 Å². The molecule has 0 heterocycles. The van der Waals surface area contributed by atoms with E-state index in [0.717, 1.165) is 70.6 Å². The summed E-state index contributed by atoms with van der Waals surface area (Å²) in [5, 5.41) is 11.9. The van der Waals surface area contributed by atoms with Gasteiger partial charge in [-0.25, -0.2) is 0 Å². The number of likely N-dealkylation sites (N-methyl/N-ethyl adjacent to an activating group) is 1. The fraction of sp³-hybridized carbons (Fsp3) is 0.854. The average molecular weight is 1380 g/mol. The summed E-state index contributed by atoms with van der Waals surface area (Å²) in [7, 11) is 5.96. The molecule has 0 aliphatic heterocycles. The highest BCUT2D eigenvalue weighted by atomic mass is 16.7. The third-order valence-electron chi connectivity index (χ3n) is 19.5. The minimum Gasteiger partial charge on any atom is -0.545 e. The fourth-order valence-corrected chi connectivity index (χ4v) is 13.0. The van der Waals surface area contributed by atoms with E-state index in [1.807, 2.05) is 21.1 Å². The second-order valence-electron chi connectivity index (χ2n) is 30.5. The molecule has 0 aliphatic carbocycles. The summed E-state index contributed by atoms with van der Waals surface area (Å²) < 4.78 is 22.9. The van der Waals surface area contributed by atoms with E-state index in [-0.39, 0.29) is 32.2 Å². The first-order chi connectivity index (χ1) is 48.1. The van der Waals surface area contributed by atoms with Gasteiger partial charge in [-0.2, -0.15) is 0 Å². The van der Waals surface area contributed by atoms with Gasteiger partial charge in [0.05, 0.1) is 40.3 Å². The average Bonchev–Trinajstić information content (AvgIpc) is 1.40. The molecule has 0 fully saturated rings. The van der Waals surface area contributed by atoms with Gasteiger partial charge < -0.3 is 33.3 Å². The summed E-state index contributed by atoms with van der Waals surface area (Å²) in [6, 6.07) is 0. The van der Waals surface area contributed by atoms with E-state index in [1.54, 1.807) is 0 Å². The van der Waals surface area contributed by atoms with Crippen molar-refractivity contribution in [3.63, 3.8) is 0 Å². The number of aliphatic carboxylic acids is 1. The molecule has 0 amide bonds. The second-order valence-corrected chi connectivity index (χ2v) is 30.5. The van der Waals surface area contributed by atoms with Crippen LogP contribution in [-0.4, -0.2) is 82.3 Å². The number of carboxylic acids is 1. The highest BCUT2D eigenvalue weighted by Gasteiger charge is 2.22. The topological polar surface area (TPSA) is 111 Å². The molecule has 0 spiro atoms. The summed E-state index contributed by atoms with van der Waals surface area (Å²) in [6.07, 6.45) is 104. The number of unbranched alkanes of at least 4 members (excludes halogenated alkanes) is 56. The zero-order valence-electron chi connectivity index (χ0n) is 65.9. The van der Waals surface area contributed by atoms with Crippen LogP contribution in [0.3, 0.4) is 0 Å². The first kappa shape index (κ1) is 95.0. The zero-order valence-corrected chi connectivity index (χ0v) is 65.9. The van der Waals surface area contributed by atoms with E-state index in [9.17, 15) is 19.5 Å². The van der Waals surface area contributed by atoms with Crippen LogP contribution in [0, 0.1) is 0 Å². The molecular weight excluding hydrogens is 1210 g/mol. The molecule has 98 heavy (non-hydrogen) atoms. The molecule has 574 valence electrons. The van der Waals surface area contributed by atoms with E-state index >= 15 is 0 Å². The Labute approximate surface area is 609 Å². The number of ether oxygens (including phenoxy) is 4. The molecule has 0 N–H and O–H groups in total. The van der Waals surface area contributed by atoms with Gasteiger partial charge >= 0.3 is 11.9 Å². The monoisotopic (exact) mass is 1380 g/mol. The van der Waals surface area contributed by atoms with Crippen molar-refractivity contribution in [2.75, 3.05) is 47.5 Å². The maximum atomic E-state index is 13.0. The quantitative estimate of drug-likeness (QED) is 0.0195. The van der Waals surface area contributed by atoms with E-state index in [4.69, 9.17) is 18.9 Å².